The van der Waals surface area contributed by atoms with Crippen molar-refractivity contribution < 1.29 is 9.84 Å². The van der Waals surface area contributed by atoms with Crippen LogP contribution in [0.25, 0.3) is 6.08 Å². The van der Waals surface area contributed by atoms with Gasteiger partial charge in [-0.05, 0) is 44.4 Å². The van der Waals surface area contributed by atoms with Gasteiger partial charge in [0.05, 0.1) is 12.7 Å². The average molecular weight is 220 g/mol. The number of hydrogen-bond donors (Lipinski definition) is 1. The Morgan fingerprint density at radius 3 is 2.38 bits per heavy atom. The summed E-state index contributed by atoms with van der Waals surface area (Å²) in [5.41, 5.74) is 0.570. The van der Waals surface area contributed by atoms with Gasteiger partial charge in [-0.1, -0.05) is 24.3 Å². The van der Waals surface area contributed by atoms with Gasteiger partial charge in [-0.2, -0.15) is 0 Å². The highest BCUT2D eigenvalue weighted by Crippen LogP contribution is 2.14. The molecule has 16 heavy (non-hydrogen) atoms. The molecule has 0 unspecified atom stereocenters. The Morgan fingerprint density at radius 1 is 1.25 bits per heavy atom. The molecule has 0 fully saturated rings. The quantitative estimate of drug-likeness (QED) is 0.825. The van der Waals surface area contributed by atoms with Crippen molar-refractivity contribution in [3.05, 3.63) is 35.9 Å². The van der Waals surface area contributed by atoms with Crippen LogP contribution in [-0.2, 0) is 0 Å². The Hall–Kier alpha value is -1.28. The molecule has 0 saturated heterocycles. The van der Waals surface area contributed by atoms with E-state index in [0.717, 1.165) is 24.2 Å². The van der Waals surface area contributed by atoms with E-state index >= 15 is 0 Å². The van der Waals surface area contributed by atoms with Crippen LogP contribution in [0.3, 0.4) is 0 Å². The fraction of sp³-hybridized carbons (Fsp3) is 0.429. The van der Waals surface area contributed by atoms with Crippen LogP contribution in [0.15, 0.2) is 30.3 Å². The summed E-state index contributed by atoms with van der Waals surface area (Å²) in [6, 6.07) is 7.91. The lowest BCUT2D eigenvalue weighted by atomic mass is 10.0. The van der Waals surface area contributed by atoms with Gasteiger partial charge < -0.3 is 9.84 Å². The molecule has 0 aliphatic heterocycles. The molecule has 0 bridgehead atoms. The van der Waals surface area contributed by atoms with Crippen LogP contribution in [0.5, 0.6) is 5.75 Å². The topological polar surface area (TPSA) is 29.5 Å². The van der Waals surface area contributed by atoms with E-state index < -0.39 is 5.60 Å². The third-order valence-corrected chi connectivity index (χ3v) is 2.35. The fourth-order valence-corrected chi connectivity index (χ4v) is 1.37. The second-order valence-electron chi connectivity index (χ2n) is 4.53. The van der Waals surface area contributed by atoms with E-state index in [1.165, 1.54) is 0 Å². The first kappa shape index (κ1) is 12.8. The molecule has 0 aliphatic rings. The lowest BCUT2D eigenvalue weighted by Gasteiger charge is -2.14. The van der Waals surface area contributed by atoms with E-state index in [9.17, 15) is 5.11 Å². The smallest absolute Gasteiger partial charge is 0.118 e. The molecule has 0 heterocycles. The summed E-state index contributed by atoms with van der Waals surface area (Å²) >= 11 is 0. The van der Waals surface area contributed by atoms with Gasteiger partial charge in [-0.15, -0.1) is 0 Å². The summed E-state index contributed by atoms with van der Waals surface area (Å²) < 4.78 is 5.08. The van der Waals surface area contributed by atoms with E-state index in [1.54, 1.807) is 7.11 Å². The molecular weight excluding hydrogens is 200 g/mol. The molecule has 1 N–H and O–H groups in total. The Balaban J connectivity index is 2.44. The second-order valence-corrected chi connectivity index (χ2v) is 4.53. The highest BCUT2D eigenvalue weighted by atomic mass is 16.5. The van der Waals surface area contributed by atoms with Crippen molar-refractivity contribution in [1.29, 1.82) is 0 Å². The van der Waals surface area contributed by atoms with Crippen LogP contribution >= 0.6 is 0 Å². The van der Waals surface area contributed by atoms with Crippen molar-refractivity contribution in [3.63, 3.8) is 0 Å². The molecule has 0 aromatic heterocycles. The summed E-state index contributed by atoms with van der Waals surface area (Å²) in [5, 5.41) is 9.53. The molecule has 0 aliphatic carbocycles. The van der Waals surface area contributed by atoms with Gasteiger partial charge in [-0.25, -0.2) is 0 Å². The number of benzene rings is 1. The van der Waals surface area contributed by atoms with Crippen molar-refractivity contribution in [2.75, 3.05) is 7.11 Å². The molecule has 1 rings (SSSR count). The molecule has 1 aromatic carbocycles. The van der Waals surface area contributed by atoms with Crippen LogP contribution in [0.1, 0.15) is 32.3 Å². The van der Waals surface area contributed by atoms with Crippen molar-refractivity contribution >= 4 is 6.08 Å². The number of ether oxygens (including phenoxy) is 1. The normalized spacial score (nSPS) is 12.0. The first-order chi connectivity index (χ1) is 7.51. The number of methoxy groups -OCH3 is 1. The largest absolute Gasteiger partial charge is 0.497 e. The molecule has 0 amide bonds. The molecule has 0 radical (unpaired) electrons. The summed E-state index contributed by atoms with van der Waals surface area (Å²) in [4.78, 5) is 0. The van der Waals surface area contributed by atoms with Crippen LogP contribution < -0.4 is 4.74 Å². The maximum atomic E-state index is 9.53. The Morgan fingerprint density at radius 2 is 1.88 bits per heavy atom. The van der Waals surface area contributed by atoms with Gasteiger partial charge in [0.2, 0.25) is 0 Å². The SMILES string of the molecule is COc1ccc(/C=C/CCC(C)(C)O)cc1. The molecule has 0 saturated carbocycles. The van der Waals surface area contributed by atoms with Gasteiger partial charge in [-0.3, -0.25) is 0 Å². The Kier molecular flexibility index (Phi) is 4.56. The molecule has 2 nitrogen and oxygen atoms in total. The molecule has 0 spiro atoms. The summed E-state index contributed by atoms with van der Waals surface area (Å²) in [6.07, 6.45) is 5.81. The Bertz CT molecular complexity index is 331. The van der Waals surface area contributed by atoms with Gasteiger partial charge in [0.15, 0.2) is 0 Å². The Labute approximate surface area is 97.6 Å². The van der Waals surface area contributed by atoms with E-state index in [-0.39, 0.29) is 0 Å². The molecule has 1 aromatic rings. The maximum Gasteiger partial charge on any atom is 0.118 e. The zero-order chi connectivity index (χ0) is 12.0. The third kappa shape index (κ3) is 4.99. The van der Waals surface area contributed by atoms with E-state index in [1.807, 2.05) is 38.1 Å². The molecule has 0 atom stereocenters. The number of hydrogen-bond acceptors (Lipinski definition) is 2. The maximum absolute atomic E-state index is 9.53. The minimum absolute atomic E-state index is 0.579. The van der Waals surface area contributed by atoms with Crippen LogP contribution in [0.2, 0.25) is 0 Å². The third-order valence-electron chi connectivity index (χ3n) is 2.35. The second kappa shape index (κ2) is 5.71. The van der Waals surface area contributed by atoms with E-state index in [4.69, 9.17) is 4.74 Å². The van der Waals surface area contributed by atoms with Crippen molar-refractivity contribution in [2.24, 2.45) is 0 Å². The minimum atomic E-state index is -0.579. The lowest BCUT2D eigenvalue weighted by molar-refractivity contribution is 0.0722. The summed E-state index contributed by atoms with van der Waals surface area (Å²) in [6.45, 7) is 3.66. The summed E-state index contributed by atoms with van der Waals surface area (Å²) in [5.74, 6) is 0.869. The zero-order valence-electron chi connectivity index (χ0n) is 10.2. The van der Waals surface area contributed by atoms with E-state index in [2.05, 4.69) is 12.2 Å². The van der Waals surface area contributed by atoms with Gasteiger partial charge >= 0.3 is 0 Å². The van der Waals surface area contributed by atoms with Crippen molar-refractivity contribution in [3.8, 4) is 5.75 Å². The van der Waals surface area contributed by atoms with Crippen LogP contribution in [0.4, 0.5) is 0 Å². The highest BCUT2D eigenvalue weighted by Gasteiger charge is 2.09. The molecule has 88 valence electrons. The predicted octanol–water partition coefficient (Wildman–Crippen LogP) is 3.26. The average Bonchev–Trinajstić information content (AvgIpc) is 2.24. The number of aliphatic hydroxyl groups is 1. The van der Waals surface area contributed by atoms with Gasteiger partial charge in [0.25, 0.3) is 0 Å². The molecule has 2 heteroatoms. The first-order valence-corrected chi connectivity index (χ1v) is 5.54. The number of allylic oxidation sites excluding steroid dienone is 1. The van der Waals surface area contributed by atoms with Crippen molar-refractivity contribution in [2.45, 2.75) is 32.3 Å². The highest BCUT2D eigenvalue weighted by molar-refractivity contribution is 5.50. The molecular formula is C14H20O2. The van der Waals surface area contributed by atoms with E-state index in [0.29, 0.717) is 0 Å². The monoisotopic (exact) mass is 220 g/mol. The first-order valence-electron chi connectivity index (χ1n) is 5.54. The number of rotatable bonds is 5. The van der Waals surface area contributed by atoms with Crippen LogP contribution in [-0.4, -0.2) is 17.8 Å². The zero-order valence-corrected chi connectivity index (χ0v) is 10.2. The van der Waals surface area contributed by atoms with Crippen LogP contribution in [0, 0.1) is 0 Å². The van der Waals surface area contributed by atoms with Gasteiger partial charge in [0, 0.05) is 0 Å². The van der Waals surface area contributed by atoms with Gasteiger partial charge in [0.1, 0.15) is 5.75 Å². The van der Waals surface area contributed by atoms with Crippen molar-refractivity contribution in [1.82, 2.24) is 0 Å². The minimum Gasteiger partial charge on any atom is -0.497 e. The lowest BCUT2D eigenvalue weighted by Crippen LogP contribution is -2.17. The predicted molar refractivity (Wildman–Crippen MR) is 67.6 cm³/mol. The standard InChI is InChI=1S/C14H20O2/c1-14(2,15)11-5-4-6-12-7-9-13(16-3)10-8-12/h4,6-10,15H,5,11H2,1-3H3/b6-4+. The fourth-order valence-electron chi connectivity index (χ4n) is 1.37. The summed E-state index contributed by atoms with van der Waals surface area (Å²) in [7, 11) is 1.66.